The lowest BCUT2D eigenvalue weighted by Gasteiger charge is -2.08. The molecular weight excluding hydrogens is 335 g/mol. The van der Waals surface area contributed by atoms with Gasteiger partial charge in [0.15, 0.2) is 0 Å². The molecule has 0 unspecified atom stereocenters. The minimum Gasteiger partial charge on any atom is -0.376 e. The Labute approximate surface area is 145 Å². The van der Waals surface area contributed by atoms with Crippen LogP contribution in [0.4, 0.5) is 0 Å². The molecule has 4 nitrogen and oxygen atoms in total. The van der Waals surface area contributed by atoms with Gasteiger partial charge in [-0.05, 0) is 23.3 Å². The van der Waals surface area contributed by atoms with Crippen molar-refractivity contribution in [3.63, 3.8) is 0 Å². The van der Waals surface area contributed by atoms with Crippen molar-refractivity contribution in [2.45, 2.75) is 19.6 Å². The second kappa shape index (κ2) is 9.53. The van der Waals surface area contributed by atoms with Crippen molar-refractivity contribution >= 4 is 29.1 Å². The predicted molar refractivity (Wildman–Crippen MR) is 92.2 cm³/mol. The second-order valence-electron chi connectivity index (χ2n) is 4.94. The lowest BCUT2D eigenvalue weighted by Crippen LogP contribution is -2.37. The summed E-state index contributed by atoms with van der Waals surface area (Å²) in [4.78, 5) is 11.7. The molecule has 0 fully saturated rings. The first-order valence-electron chi connectivity index (χ1n) is 7.22. The molecule has 122 valence electrons. The van der Waals surface area contributed by atoms with Gasteiger partial charge < -0.3 is 4.74 Å². The van der Waals surface area contributed by atoms with Crippen LogP contribution >= 0.6 is 23.2 Å². The largest absolute Gasteiger partial charge is 0.376 e. The van der Waals surface area contributed by atoms with Crippen LogP contribution in [0.3, 0.4) is 0 Å². The Hall–Kier alpha value is -1.59. The lowest BCUT2D eigenvalue weighted by atomic mass is 10.2. The molecule has 0 atom stereocenters. The quantitative estimate of drug-likeness (QED) is 0.562. The van der Waals surface area contributed by atoms with Crippen molar-refractivity contribution in [2.75, 3.05) is 6.61 Å². The van der Waals surface area contributed by atoms with Crippen molar-refractivity contribution in [1.29, 1.82) is 0 Å². The molecule has 2 aromatic rings. The van der Waals surface area contributed by atoms with E-state index in [4.69, 9.17) is 27.9 Å². The molecule has 1 amide bonds. The normalized spacial score (nSPS) is 10.5. The fourth-order valence-electron chi connectivity index (χ4n) is 1.89. The molecule has 0 bridgehead atoms. The molecule has 0 aliphatic carbocycles. The summed E-state index contributed by atoms with van der Waals surface area (Å²) in [6.07, 6.45) is 0.281. The topological polar surface area (TPSA) is 50.4 Å². The second-order valence-corrected chi connectivity index (χ2v) is 5.75. The minimum absolute atomic E-state index is 0.116. The van der Waals surface area contributed by atoms with Crippen LogP contribution in [0.25, 0.3) is 0 Å². The molecule has 0 radical (unpaired) electrons. The summed E-state index contributed by atoms with van der Waals surface area (Å²) >= 11 is 11.8. The highest BCUT2D eigenvalue weighted by Gasteiger charge is 2.03. The average Bonchev–Trinajstić information content (AvgIpc) is 2.56. The third-order valence-electron chi connectivity index (χ3n) is 3.09. The molecule has 2 N–H and O–H groups in total. The van der Waals surface area contributed by atoms with Crippen LogP contribution < -0.4 is 10.9 Å². The number of benzene rings is 2. The summed E-state index contributed by atoms with van der Waals surface area (Å²) in [6, 6.07) is 15.2. The first-order valence-corrected chi connectivity index (χ1v) is 7.98. The van der Waals surface area contributed by atoms with Crippen molar-refractivity contribution in [3.05, 3.63) is 69.7 Å². The summed E-state index contributed by atoms with van der Waals surface area (Å²) in [5.41, 5.74) is 7.54. The van der Waals surface area contributed by atoms with Crippen LogP contribution in [0.1, 0.15) is 17.5 Å². The van der Waals surface area contributed by atoms with Crippen molar-refractivity contribution in [2.24, 2.45) is 0 Å². The number of hydrogen-bond donors (Lipinski definition) is 2. The molecule has 2 rings (SSSR count). The van der Waals surface area contributed by atoms with Gasteiger partial charge in [-0.3, -0.25) is 10.2 Å². The number of hydrazine groups is 1. The third-order valence-corrected chi connectivity index (χ3v) is 3.83. The molecule has 0 aliphatic rings. The highest BCUT2D eigenvalue weighted by atomic mass is 35.5. The summed E-state index contributed by atoms with van der Waals surface area (Å²) in [6.45, 7) is 1.30. The Morgan fingerprint density at radius 3 is 2.52 bits per heavy atom. The van der Waals surface area contributed by atoms with E-state index in [1.54, 1.807) is 12.1 Å². The Morgan fingerprint density at radius 2 is 1.78 bits per heavy atom. The van der Waals surface area contributed by atoms with E-state index in [-0.39, 0.29) is 12.3 Å². The number of hydrogen-bond acceptors (Lipinski definition) is 3. The Balaban J connectivity index is 1.58. The van der Waals surface area contributed by atoms with Gasteiger partial charge in [-0.2, -0.15) is 0 Å². The molecule has 0 aliphatic heterocycles. The van der Waals surface area contributed by atoms with Gasteiger partial charge in [0.2, 0.25) is 5.91 Å². The zero-order valence-electron chi connectivity index (χ0n) is 12.5. The minimum atomic E-state index is -0.116. The molecule has 0 saturated heterocycles. The first-order chi connectivity index (χ1) is 11.1. The van der Waals surface area contributed by atoms with Crippen LogP contribution in [0.2, 0.25) is 10.0 Å². The Morgan fingerprint density at radius 1 is 1.00 bits per heavy atom. The number of carbonyl (C=O) groups excluding carboxylic acids is 1. The molecule has 0 aromatic heterocycles. The Bertz CT molecular complexity index is 636. The Kier molecular flexibility index (Phi) is 7.36. The summed E-state index contributed by atoms with van der Waals surface area (Å²) < 4.78 is 5.46. The van der Waals surface area contributed by atoms with Gasteiger partial charge in [0.05, 0.1) is 29.7 Å². The van der Waals surface area contributed by atoms with Crippen LogP contribution in [-0.2, 0) is 22.7 Å². The van der Waals surface area contributed by atoms with E-state index in [1.165, 1.54) is 0 Å². The predicted octanol–water partition coefficient (Wildman–Crippen LogP) is 3.72. The van der Waals surface area contributed by atoms with E-state index in [1.807, 2.05) is 36.4 Å². The van der Waals surface area contributed by atoms with Crippen molar-refractivity contribution in [3.8, 4) is 0 Å². The number of rotatable bonds is 8. The van der Waals surface area contributed by atoms with Crippen LogP contribution in [0, 0.1) is 0 Å². The SMILES string of the molecule is O=C(CCOCc1ccc(Cl)c(Cl)c1)NNCc1ccccc1. The van der Waals surface area contributed by atoms with Gasteiger partial charge in [-0.15, -0.1) is 0 Å². The fraction of sp³-hybridized carbons (Fsp3) is 0.235. The third kappa shape index (κ3) is 6.59. The molecule has 0 spiro atoms. The number of ether oxygens (including phenoxy) is 1. The van der Waals surface area contributed by atoms with Gasteiger partial charge in [-0.25, -0.2) is 5.43 Å². The van der Waals surface area contributed by atoms with Crippen molar-refractivity contribution in [1.82, 2.24) is 10.9 Å². The molecule has 2 aromatic carbocycles. The zero-order chi connectivity index (χ0) is 16.5. The standard InChI is InChI=1S/C17H18Cl2N2O2/c18-15-7-6-14(10-16(15)19)12-23-9-8-17(22)21-20-11-13-4-2-1-3-5-13/h1-7,10,20H,8-9,11-12H2,(H,21,22). The maximum Gasteiger partial charge on any atom is 0.236 e. The molecular formula is C17H18Cl2N2O2. The fourth-order valence-corrected chi connectivity index (χ4v) is 2.21. The van der Waals surface area contributed by atoms with E-state index in [0.29, 0.717) is 29.8 Å². The van der Waals surface area contributed by atoms with Gasteiger partial charge >= 0.3 is 0 Å². The number of nitrogens with one attached hydrogen (secondary N) is 2. The van der Waals surface area contributed by atoms with E-state index >= 15 is 0 Å². The summed E-state index contributed by atoms with van der Waals surface area (Å²) in [5, 5.41) is 1.01. The summed E-state index contributed by atoms with van der Waals surface area (Å²) in [7, 11) is 0. The van der Waals surface area contributed by atoms with E-state index in [0.717, 1.165) is 11.1 Å². The average molecular weight is 353 g/mol. The van der Waals surface area contributed by atoms with Gasteiger partial charge in [-0.1, -0.05) is 59.6 Å². The molecule has 0 saturated carbocycles. The smallest absolute Gasteiger partial charge is 0.236 e. The zero-order valence-corrected chi connectivity index (χ0v) is 14.0. The number of amides is 1. The molecule has 0 heterocycles. The van der Waals surface area contributed by atoms with Crippen LogP contribution in [0.5, 0.6) is 0 Å². The van der Waals surface area contributed by atoms with Crippen LogP contribution in [-0.4, -0.2) is 12.5 Å². The van der Waals surface area contributed by atoms with Gasteiger partial charge in [0, 0.05) is 6.54 Å². The van der Waals surface area contributed by atoms with Gasteiger partial charge in [0.25, 0.3) is 0 Å². The summed E-state index contributed by atoms with van der Waals surface area (Å²) in [5.74, 6) is -0.116. The maximum atomic E-state index is 11.7. The van der Waals surface area contributed by atoms with Crippen molar-refractivity contribution < 1.29 is 9.53 Å². The van der Waals surface area contributed by atoms with E-state index < -0.39 is 0 Å². The van der Waals surface area contributed by atoms with E-state index in [2.05, 4.69) is 10.9 Å². The van der Waals surface area contributed by atoms with Crippen LogP contribution in [0.15, 0.2) is 48.5 Å². The number of carbonyl (C=O) groups is 1. The maximum absolute atomic E-state index is 11.7. The first kappa shape index (κ1) is 17.8. The highest BCUT2D eigenvalue weighted by Crippen LogP contribution is 2.22. The van der Waals surface area contributed by atoms with Gasteiger partial charge in [0.1, 0.15) is 0 Å². The lowest BCUT2D eigenvalue weighted by molar-refractivity contribution is -0.123. The highest BCUT2D eigenvalue weighted by molar-refractivity contribution is 6.42. The molecule has 23 heavy (non-hydrogen) atoms. The molecule has 6 heteroatoms. The monoisotopic (exact) mass is 352 g/mol. The van der Waals surface area contributed by atoms with E-state index in [9.17, 15) is 4.79 Å². The number of halogens is 2.